The molecule has 7 nitrogen and oxygen atoms in total. The van der Waals surface area contributed by atoms with Crippen molar-refractivity contribution in [1.82, 2.24) is 9.88 Å². The number of nitrogens with zero attached hydrogens (tertiary/aromatic N) is 4. The van der Waals surface area contributed by atoms with E-state index in [0.717, 1.165) is 22.0 Å². The van der Waals surface area contributed by atoms with Crippen LogP contribution >= 0.6 is 35.3 Å². The summed E-state index contributed by atoms with van der Waals surface area (Å²) in [5.41, 5.74) is 1.63. The normalized spacial score (nSPS) is 15.8. The highest BCUT2D eigenvalue weighted by Gasteiger charge is 2.31. The monoisotopic (exact) mass is 450 g/mol. The molecule has 0 spiro atoms. The Kier molecular flexibility index (Phi) is 5.41. The van der Waals surface area contributed by atoms with Gasteiger partial charge in [-0.3, -0.25) is 19.8 Å². The molecule has 1 aliphatic heterocycles. The summed E-state index contributed by atoms with van der Waals surface area (Å²) < 4.78 is 1.24. The number of hydrogen-bond donors (Lipinski definition) is 0. The van der Waals surface area contributed by atoms with E-state index in [4.69, 9.17) is 12.2 Å². The minimum atomic E-state index is -0.487. The largest absolute Gasteiger partial charge is 0.270 e. The van der Waals surface area contributed by atoms with Crippen LogP contribution in [0.15, 0.2) is 59.6 Å². The zero-order valence-electron chi connectivity index (χ0n) is 15.0. The molecule has 3 aromatic rings. The van der Waals surface area contributed by atoms with E-state index in [1.807, 2.05) is 24.3 Å². The van der Waals surface area contributed by atoms with Gasteiger partial charge in [-0.25, -0.2) is 4.98 Å². The van der Waals surface area contributed by atoms with E-state index in [0.29, 0.717) is 19.8 Å². The molecular formula is C20H10N4O3S3. The number of hydrogen-bond acceptors (Lipinski definition) is 8. The Hall–Kier alpha value is -3.39. The van der Waals surface area contributed by atoms with Crippen molar-refractivity contribution in [2.24, 2.45) is 0 Å². The second-order valence-electron chi connectivity index (χ2n) is 6.04. The van der Waals surface area contributed by atoms with Gasteiger partial charge in [0.1, 0.15) is 16.6 Å². The lowest BCUT2D eigenvalue weighted by Gasteiger charge is -2.08. The fourth-order valence-electron chi connectivity index (χ4n) is 2.68. The third-order valence-corrected chi connectivity index (χ3v) is 6.53. The van der Waals surface area contributed by atoms with Crippen LogP contribution in [0.3, 0.4) is 0 Å². The van der Waals surface area contributed by atoms with Gasteiger partial charge >= 0.3 is 0 Å². The molecular weight excluding hydrogens is 440 g/mol. The lowest BCUT2D eigenvalue weighted by molar-refractivity contribution is -0.384. The molecule has 1 amide bonds. The molecule has 2 heterocycles. The molecule has 0 saturated carbocycles. The molecule has 0 radical (unpaired) electrons. The smallest absolute Gasteiger partial charge is 0.268 e. The molecule has 1 fully saturated rings. The van der Waals surface area contributed by atoms with E-state index in [2.05, 4.69) is 11.1 Å². The third-order valence-electron chi connectivity index (χ3n) is 4.13. The van der Waals surface area contributed by atoms with Gasteiger partial charge in [-0.15, -0.1) is 11.3 Å². The van der Waals surface area contributed by atoms with E-state index in [9.17, 15) is 20.2 Å². The number of thiazole rings is 1. The Morgan fingerprint density at radius 1 is 1.23 bits per heavy atom. The number of amides is 1. The highest BCUT2D eigenvalue weighted by atomic mass is 32.2. The number of rotatable bonds is 4. The van der Waals surface area contributed by atoms with E-state index in [1.54, 1.807) is 18.2 Å². The fourth-order valence-corrected chi connectivity index (χ4v) is 4.82. The first kappa shape index (κ1) is 19.9. The van der Waals surface area contributed by atoms with Crippen LogP contribution in [0.1, 0.15) is 10.6 Å². The Morgan fingerprint density at radius 3 is 2.63 bits per heavy atom. The molecule has 0 bridgehead atoms. The summed E-state index contributed by atoms with van der Waals surface area (Å²) in [4.78, 5) is 29.2. The molecule has 10 heteroatoms. The van der Waals surface area contributed by atoms with Gasteiger partial charge in [-0.1, -0.05) is 36.1 Å². The van der Waals surface area contributed by atoms with Crippen LogP contribution in [0.2, 0.25) is 0 Å². The number of aromatic nitrogens is 1. The van der Waals surface area contributed by atoms with Gasteiger partial charge in [0, 0.05) is 18.3 Å². The van der Waals surface area contributed by atoms with Crippen LogP contribution < -0.4 is 0 Å². The SMILES string of the molecule is N#CC(=CN1C(=O)/C(=C/c2ccc([N+](=O)[O-])cc2)SC1=S)c1nc2ccccc2s1. The third kappa shape index (κ3) is 3.86. The lowest BCUT2D eigenvalue weighted by atomic mass is 10.2. The molecule has 2 aromatic carbocycles. The number of carbonyl (C=O) groups is 1. The summed E-state index contributed by atoms with van der Waals surface area (Å²) in [6.45, 7) is 0. The van der Waals surface area contributed by atoms with Crippen LogP contribution in [-0.2, 0) is 4.79 Å². The maximum atomic E-state index is 12.8. The Balaban J connectivity index is 1.63. The van der Waals surface area contributed by atoms with Crippen molar-refractivity contribution in [3.63, 3.8) is 0 Å². The van der Waals surface area contributed by atoms with Crippen LogP contribution in [0, 0.1) is 21.4 Å². The van der Waals surface area contributed by atoms with Gasteiger partial charge in [-0.05, 0) is 35.9 Å². The highest BCUT2D eigenvalue weighted by molar-refractivity contribution is 8.26. The van der Waals surface area contributed by atoms with Gasteiger partial charge in [0.15, 0.2) is 4.32 Å². The van der Waals surface area contributed by atoms with E-state index in [1.165, 1.54) is 34.6 Å². The average molecular weight is 451 g/mol. The minimum absolute atomic E-state index is 0.0304. The molecule has 1 aliphatic rings. The lowest BCUT2D eigenvalue weighted by Crippen LogP contribution is -2.22. The molecule has 146 valence electrons. The van der Waals surface area contributed by atoms with Crippen molar-refractivity contribution in [3.8, 4) is 6.07 Å². The van der Waals surface area contributed by atoms with Gasteiger partial charge in [0.25, 0.3) is 11.6 Å². The molecule has 0 atom stereocenters. The van der Waals surface area contributed by atoms with Crippen LogP contribution in [-0.4, -0.2) is 25.0 Å². The molecule has 4 rings (SSSR count). The minimum Gasteiger partial charge on any atom is -0.268 e. The maximum Gasteiger partial charge on any atom is 0.270 e. The second kappa shape index (κ2) is 8.16. The fraction of sp³-hybridized carbons (Fsp3) is 0. The predicted octanol–water partition coefficient (Wildman–Crippen LogP) is 4.97. The van der Waals surface area contributed by atoms with Crippen LogP contribution in [0.5, 0.6) is 0 Å². The summed E-state index contributed by atoms with van der Waals surface area (Å²) in [6.07, 6.45) is 3.02. The summed E-state index contributed by atoms with van der Waals surface area (Å²) in [5, 5.41) is 20.9. The summed E-state index contributed by atoms with van der Waals surface area (Å²) in [7, 11) is 0. The number of nitro groups is 1. The number of thioether (sulfide) groups is 1. The van der Waals surface area contributed by atoms with Gasteiger partial charge in [-0.2, -0.15) is 5.26 Å². The van der Waals surface area contributed by atoms with Crippen molar-refractivity contribution < 1.29 is 9.72 Å². The number of benzene rings is 2. The number of thiocarbonyl (C=S) groups is 1. The Morgan fingerprint density at radius 2 is 1.97 bits per heavy atom. The molecule has 1 saturated heterocycles. The molecule has 0 aliphatic carbocycles. The van der Waals surface area contributed by atoms with Gasteiger partial charge in [0.2, 0.25) is 0 Å². The number of allylic oxidation sites excluding steroid dienone is 1. The summed E-state index contributed by atoms with van der Waals surface area (Å²) in [5.74, 6) is -0.364. The predicted molar refractivity (Wildman–Crippen MR) is 121 cm³/mol. The molecule has 0 N–H and O–H groups in total. The van der Waals surface area contributed by atoms with Gasteiger partial charge in [0.05, 0.1) is 20.0 Å². The number of para-hydroxylation sites is 1. The number of nitriles is 1. The number of carbonyl (C=O) groups excluding carboxylic acids is 1. The number of non-ortho nitro benzene ring substituents is 1. The first-order valence-electron chi connectivity index (χ1n) is 8.45. The van der Waals surface area contributed by atoms with Crippen LogP contribution in [0.25, 0.3) is 21.9 Å². The molecule has 0 unspecified atom stereocenters. The number of nitro benzene ring substituents is 1. The standard InChI is InChI=1S/C20H10N4O3S3/c21-10-13(18-22-15-3-1-2-4-16(15)29-18)11-23-19(25)17(30-20(23)28)9-12-5-7-14(8-6-12)24(26)27/h1-9,11H/b13-11?,17-9-. The molecule has 30 heavy (non-hydrogen) atoms. The zero-order valence-corrected chi connectivity index (χ0v) is 17.5. The Labute approximate surface area is 184 Å². The van der Waals surface area contributed by atoms with E-state index >= 15 is 0 Å². The number of fused-ring (bicyclic) bond motifs is 1. The summed E-state index contributed by atoms with van der Waals surface area (Å²) in [6, 6.07) is 15.5. The quantitative estimate of drug-likeness (QED) is 0.182. The van der Waals surface area contributed by atoms with Crippen molar-refractivity contribution >= 4 is 73.1 Å². The summed E-state index contributed by atoms with van der Waals surface area (Å²) >= 11 is 7.78. The van der Waals surface area contributed by atoms with Crippen molar-refractivity contribution in [2.75, 3.05) is 0 Å². The highest BCUT2D eigenvalue weighted by Crippen LogP contribution is 2.35. The Bertz CT molecular complexity index is 1270. The average Bonchev–Trinajstić information content (AvgIpc) is 3.28. The topological polar surface area (TPSA) is 100 Å². The van der Waals surface area contributed by atoms with E-state index < -0.39 is 4.92 Å². The van der Waals surface area contributed by atoms with Crippen LogP contribution in [0.4, 0.5) is 5.69 Å². The maximum absolute atomic E-state index is 12.8. The first-order chi connectivity index (χ1) is 14.5. The van der Waals surface area contributed by atoms with E-state index in [-0.39, 0.29) is 17.2 Å². The van der Waals surface area contributed by atoms with Crippen molar-refractivity contribution in [3.05, 3.63) is 80.3 Å². The van der Waals surface area contributed by atoms with Crippen molar-refractivity contribution in [2.45, 2.75) is 0 Å². The zero-order chi connectivity index (χ0) is 21.3. The second-order valence-corrected chi connectivity index (χ2v) is 8.75. The first-order valence-corrected chi connectivity index (χ1v) is 10.5. The van der Waals surface area contributed by atoms with Gasteiger partial charge < -0.3 is 0 Å². The molecule has 1 aromatic heterocycles. The van der Waals surface area contributed by atoms with Crippen molar-refractivity contribution in [1.29, 1.82) is 5.26 Å².